The number of rotatable bonds is 7. The summed E-state index contributed by atoms with van der Waals surface area (Å²) in [4.78, 5) is 31.6. The van der Waals surface area contributed by atoms with Crippen LogP contribution in [0.25, 0.3) is 0 Å². The number of thiophene rings is 1. The Morgan fingerprint density at radius 1 is 1.28 bits per heavy atom. The number of nitrogens with zero attached hydrogens (tertiary/aromatic N) is 3. The van der Waals surface area contributed by atoms with Crippen LogP contribution in [0.2, 0.25) is 0 Å². The zero-order valence-corrected chi connectivity index (χ0v) is 18.2. The number of aryl methyl sites for hydroxylation is 1. The lowest BCUT2D eigenvalue weighted by atomic mass is 10.0. The summed E-state index contributed by atoms with van der Waals surface area (Å²) in [5.74, 6) is 0.561. The minimum atomic E-state index is -0.387. The number of furan rings is 1. The van der Waals surface area contributed by atoms with Gasteiger partial charge in [-0.1, -0.05) is 6.07 Å². The summed E-state index contributed by atoms with van der Waals surface area (Å²) >= 11 is 1.34. The minimum absolute atomic E-state index is 0.178. The van der Waals surface area contributed by atoms with Crippen LogP contribution in [0.15, 0.2) is 47.2 Å². The quantitative estimate of drug-likeness (QED) is 0.584. The molecule has 0 saturated heterocycles. The summed E-state index contributed by atoms with van der Waals surface area (Å²) in [7, 11) is 0. The van der Waals surface area contributed by atoms with E-state index in [1.165, 1.54) is 11.3 Å². The zero-order valence-electron chi connectivity index (χ0n) is 17.4. The Bertz CT molecular complexity index is 1120. The molecule has 3 aromatic heterocycles. The highest BCUT2D eigenvalue weighted by atomic mass is 32.1. The van der Waals surface area contributed by atoms with Crippen LogP contribution in [0.5, 0.6) is 0 Å². The van der Waals surface area contributed by atoms with E-state index < -0.39 is 0 Å². The Balaban J connectivity index is 1.33. The molecule has 4 rings (SSSR count). The Morgan fingerprint density at radius 2 is 2.19 bits per heavy atom. The number of nitriles is 1. The van der Waals surface area contributed by atoms with Gasteiger partial charge in [0.1, 0.15) is 16.8 Å². The number of hydrogen-bond acceptors (Lipinski definition) is 7. The van der Waals surface area contributed by atoms with Gasteiger partial charge in [-0.15, -0.1) is 11.3 Å². The van der Waals surface area contributed by atoms with Crippen molar-refractivity contribution in [2.24, 2.45) is 0 Å². The average molecular weight is 451 g/mol. The van der Waals surface area contributed by atoms with Crippen molar-refractivity contribution in [3.05, 3.63) is 70.3 Å². The van der Waals surface area contributed by atoms with Crippen LogP contribution in [-0.2, 0) is 35.3 Å². The molecule has 0 fully saturated rings. The first-order valence-corrected chi connectivity index (χ1v) is 11.1. The molecule has 1 aliphatic heterocycles. The standard InChI is InChI=1S/C23H22N4O4S/c24-14-19-18-8-11-27(23(29)31-13-9-16-4-1-2-10-25-16)15-20(18)32-22(19)26-21(28)7-6-17-5-3-12-30-17/h1-5,10,12H,6-9,11,13,15H2,(H,26,28). The molecule has 2 amide bonds. The van der Waals surface area contributed by atoms with Crippen molar-refractivity contribution in [2.45, 2.75) is 32.2 Å². The first-order chi connectivity index (χ1) is 15.6. The molecule has 3 aromatic rings. The van der Waals surface area contributed by atoms with Crippen molar-refractivity contribution in [2.75, 3.05) is 18.5 Å². The molecular formula is C23H22N4O4S. The SMILES string of the molecule is N#Cc1c(NC(=O)CCc2ccco2)sc2c1CCN(C(=O)OCCc1ccccn1)C2. The second-order valence-electron chi connectivity index (χ2n) is 7.30. The van der Waals surface area contributed by atoms with E-state index in [2.05, 4.69) is 16.4 Å². The topological polar surface area (TPSA) is 108 Å². The largest absolute Gasteiger partial charge is 0.469 e. The smallest absolute Gasteiger partial charge is 0.410 e. The van der Waals surface area contributed by atoms with Gasteiger partial charge in [-0.05, 0) is 36.2 Å². The van der Waals surface area contributed by atoms with Crippen LogP contribution >= 0.6 is 11.3 Å². The number of aromatic nitrogens is 1. The number of carbonyl (C=O) groups is 2. The average Bonchev–Trinajstić information content (AvgIpc) is 3.45. The lowest BCUT2D eigenvalue weighted by molar-refractivity contribution is -0.116. The van der Waals surface area contributed by atoms with Gasteiger partial charge in [0.25, 0.3) is 0 Å². The van der Waals surface area contributed by atoms with E-state index in [4.69, 9.17) is 9.15 Å². The van der Waals surface area contributed by atoms with Gasteiger partial charge in [0.15, 0.2) is 0 Å². The highest BCUT2D eigenvalue weighted by Crippen LogP contribution is 2.36. The molecule has 8 nitrogen and oxygen atoms in total. The molecule has 0 atom stereocenters. The minimum Gasteiger partial charge on any atom is -0.469 e. The maximum Gasteiger partial charge on any atom is 0.410 e. The molecule has 4 heterocycles. The van der Waals surface area contributed by atoms with Crippen molar-refractivity contribution in [3.63, 3.8) is 0 Å². The summed E-state index contributed by atoms with van der Waals surface area (Å²) in [5.41, 5.74) is 2.25. The monoisotopic (exact) mass is 450 g/mol. The number of pyridine rings is 1. The van der Waals surface area contributed by atoms with Crippen molar-refractivity contribution < 1.29 is 18.7 Å². The first kappa shape index (κ1) is 21.6. The van der Waals surface area contributed by atoms with E-state index in [0.717, 1.165) is 21.9 Å². The fourth-order valence-corrected chi connectivity index (χ4v) is 4.76. The summed E-state index contributed by atoms with van der Waals surface area (Å²) < 4.78 is 10.7. The molecule has 1 N–H and O–H groups in total. The molecule has 0 spiro atoms. The van der Waals surface area contributed by atoms with Gasteiger partial charge in [-0.2, -0.15) is 5.26 Å². The molecule has 0 bridgehead atoms. The van der Waals surface area contributed by atoms with Gasteiger partial charge in [0, 0.05) is 42.6 Å². The fraction of sp³-hybridized carbons (Fsp3) is 0.304. The third-order valence-electron chi connectivity index (χ3n) is 5.17. The number of anilines is 1. The van der Waals surface area contributed by atoms with Gasteiger partial charge in [0.2, 0.25) is 5.91 Å². The van der Waals surface area contributed by atoms with Crippen LogP contribution in [-0.4, -0.2) is 35.0 Å². The van der Waals surface area contributed by atoms with Crippen molar-refractivity contribution >= 4 is 28.3 Å². The van der Waals surface area contributed by atoms with E-state index in [1.54, 1.807) is 23.4 Å². The highest BCUT2D eigenvalue weighted by molar-refractivity contribution is 7.16. The van der Waals surface area contributed by atoms with Crippen LogP contribution in [0.3, 0.4) is 0 Å². The highest BCUT2D eigenvalue weighted by Gasteiger charge is 2.28. The first-order valence-electron chi connectivity index (χ1n) is 10.3. The molecule has 0 saturated carbocycles. The lowest BCUT2D eigenvalue weighted by Gasteiger charge is -2.26. The maximum absolute atomic E-state index is 12.5. The Morgan fingerprint density at radius 3 is 2.94 bits per heavy atom. The van der Waals surface area contributed by atoms with E-state index in [9.17, 15) is 14.9 Å². The number of amides is 2. The third-order valence-corrected chi connectivity index (χ3v) is 6.30. The predicted molar refractivity (Wildman–Crippen MR) is 118 cm³/mol. The second-order valence-corrected chi connectivity index (χ2v) is 8.41. The maximum atomic E-state index is 12.5. The molecule has 32 heavy (non-hydrogen) atoms. The number of hydrogen-bond donors (Lipinski definition) is 1. The summed E-state index contributed by atoms with van der Waals surface area (Å²) in [6, 6.07) is 11.4. The van der Waals surface area contributed by atoms with E-state index in [0.29, 0.717) is 42.9 Å². The molecular weight excluding hydrogens is 428 g/mol. The number of carbonyl (C=O) groups excluding carboxylic acids is 2. The zero-order chi connectivity index (χ0) is 22.3. The molecule has 0 aromatic carbocycles. The van der Waals surface area contributed by atoms with Crippen molar-refractivity contribution in [1.82, 2.24) is 9.88 Å². The predicted octanol–water partition coefficient (Wildman–Crippen LogP) is 3.92. The van der Waals surface area contributed by atoms with Crippen LogP contribution < -0.4 is 5.32 Å². The molecule has 0 radical (unpaired) electrons. The van der Waals surface area contributed by atoms with Gasteiger partial charge in [-0.25, -0.2) is 4.79 Å². The normalized spacial score (nSPS) is 12.7. The lowest BCUT2D eigenvalue weighted by Crippen LogP contribution is -2.36. The van der Waals surface area contributed by atoms with Crippen LogP contribution in [0, 0.1) is 11.3 Å². The third kappa shape index (κ3) is 5.15. The van der Waals surface area contributed by atoms with E-state index in [1.807, 2.05) is 24.3 Å². The Hall–Kier alpha value is -3.64. The molecule has 0 unspecified atom stereocenters. The summed E-state index contributed by atoms with van der Waals surface area (Å²) in [6.07, 6.45) is 4.75. The molecule has 1 aliphatic rings. The molecule has 9 heteroatoms. The fourth-order valence-electron chi connectivity index (χ4n) is 3.53. The van der Waals surface area contributed by atoms with Crippen molar-refractivity contribution in [1.29, 1.82) is 5.26 Å². The Kier molecular flexibility index (Phi) is 6.82. The van der Waals surface area contributed by atoms with Gasteiger partial charge < -0.3 is 19.4 Å². The molecule has 0 aliphatic carbocycles. The molecule has 164 valence electrons. The van der Waals surface area contributed by atoms with Gasteiger partial charge in [0.05, 0.1) is 25.0 Å². The number of ether oxygens (including phenoxy) is 1. The Labute approximate surface area is 189 Å². The van der Waals surface area contributed by atoms with Crippen LogP contribution in [0.1, 0.15) is 33.9 Å². The van der Waals surface area contributed by atoms with Gasteiger partial charge in [-0.3, -0.25) is 9.78 Å². The summed E-state index contributed by atoms with van der Waals surface area (Å²) in [5, 5.41) is 13.0. The van der Waals surface area contributed by atoms with E-state index >= 15 is 0 Å². The number of nitrogens with one attached hydrogen (secondary N) is 1. The van der Waals surface area contributed by atoms with Crippen LogP contribution in [0.4, 0.5) is 9.80 Å². The summed E-state index contributed by atoms with van der Waals surface area (Å²) in [6.45, 7) is 1.08. The second kappa shape index (κ2) is 10.1. The van der Waals surface area contributed by atoms with Crippen molar-refractivity contribution in [3.8, 4) is 6.07 Å². The van der Waals surface area contributed by atoms with E-state index in [-0.39, 0.29) is 25.0 Å². The van der Waals surface area contributed by atoms with Gasteiger partial charge >= 0.3 is 6.09 Å². The number of fused-ring (bicyclic) bond motifs is 1.